The average Bonchev–Trinajstić information content (AvgIpc) is 2.41. The summed E-state index contributed by atoms with van der Waals surface area (Å²) < 4.78 is 53.4. The molecule has 0 atom stereocenters. The molecule has 0 saturated carbocycles. The van der Waals surface area contributed by atoms with Gasteiger partial charge in [0.15, 0.2) is 23.3 Å². The van der Waals surface area contributed by atoms with Gasteiger partial charge in [-0.3, -0.25) is 4.79 Å². The van der Waals surface area contributed by atoms with Gasteiger partial charge < -0.3 is 16.8 Å². The number of halogens is 4. The topological polar surface area (TPSA) is 81.1 Å². The van der Waals surface area contributed by atoms with Gasteiger partial charge in [-0.2, -0.15) is 0 Å². The van der Waals surface area contributed by atoms with Crippen molar-refractivity contribution in [3.05, 3.63) is 53.1 Å². The second-order valence-corrected chi connectivity index (χ2v) is 4.14. The number of hydrogen-bond donors (Lipinski definition) is 3. The lowest BCUT2D eigenvalue weighted by molar-refractivity contribution is 0.100. The minimum atomic E-state index is -1.63. The molecule has 0 aliphatic rings. The van der Waals surface area contributed by atoms with Crippen LogP contribution in [0.5, 0.6) is 0 Å². The van der Waals surface area contributed by atoms with E-state index in [0.29, 0.717) is 0 Å². The molecule has 5 N–H and O–H groups in total. The summed E-state index contributed by atoms with van der Waals surface area (Å²) >= 11 is 0. The third kappa shape index (κ3) is 2.73. The van der Waals surface area contributed by atoms with Gasteiger partial charge in [0.05, 0.1) is 11.3 Å². The number of anilines is 3. The van der Waals surface area contributed by atoms with E-state index in [1.165, 1.54) is 12.1 Å². The smallest absolute Gasteiger partial charge is 0.250 e. The van der Waals surface area contributed by atoms with Crippen molar-refractivity contribution in [3.63, 3.8) is 0 Å². The fourth-order valence-electron chi connectivity index (χ4n) is 1.70. The first-order valence-corrected chi connectivity index (χ1v) is 5.60. The predicted octanol–water partition coefficient (Wildman–Crippen LogP) is 2.67. The van der Waals surface area contributed by atoms with Crippen LogP contribution in [-0.2, 0) is 0 Å². The summed E-state index contributed by atoms with van der Waals surface area (Å²) in [7, 11) is 0. The average molecular weight is 299 g/mol. The van der Waals surface area contributed by atoms with Gasteiger partial charge in [-0.15, -0.1) is 0 Å². The molecule has 0 aromatic heterocycles. The Balaban J connectivity index is 2.58. The maximum atomic E-state index is 13.6. The summed E-state index contributed by atoms with van der Waals surface area (Å²) in [4.78, 5) is 11.2. The van der Waals surface area contributed by atoms with E-state index in [1.807, 2.05) is 0 Å². The van der Waals surface area contributed by atoms with Gasteiger partial charge in [-0.05, 0) is 18.2 Å². The molecular weight excluding hydrogens is 290 g/mol. The van der Waals surface area contributed by atoms with E-state index in [1.54, 1.807) is 0 Å². The first-order valence-electron chi connectivity index (χ1n) is 5.60. The Morgan fingerprint density at radius 1 is 1.00 bits per heavy atom. The number of benzene rings is 2. The van der Waals surface area contributed by atoms with Crippen LogP contribution in [0.1, 0.15) is 10.4 Å². The van der Waals surface area contributed by atoms with Gasteiger partial charge in [-0.1, -0.05) is 0 Å². The number of nitrogens with one attached hydrogen (secondary N) is 1. The highest BCUT2D eigenvalue weighted by atomic mass is 19.2. The number of hydrogen-bond acceptors (Lipinski definition) is 3. The Labute approximate surface area is 116 Å². The van der Waals surface area contributed by atoms with Crippen molar-refractivity contribution in [1.82, 2.24) is 0 Å². The van der Waals surface area contributed by atoms with Crippen molar-refractivity contribution in [2.75, 3.05) is 11.1 Å². The molecule has 0 heterocycles. The Bertz CT molecular complexity index is 708. The summed E-state index contributed by atoms with van der Waals surface area (Å²) in [6.45, 7) is 0. The van der Waals surface area contributed by atoms with Crippen LogP contribution in [0.3, 0.4) is 0 Å². The summed E-state index contributed by atoms with van der Waals surface area (Å²) in [6.07, 6.45) is 0. The maximum absolute atomic E-state index is 13.6. The van der Waals surface area contributed by atoms with Crippen LogP contribution in [0.4, 0.5) is 34.6 Å². The third-order valence-electron chi connectivity index (χ3n) is 2.68. The molecule has 2 aromatic carbocycles. The van der Waals surface area contributed by atoms with E-state index in [0.717, 1.165) is 6.07 Å². The van der Waals surface area contributed by atoms with Gasteiger partial charge in [0, 0.05) is 11.8 Å². The van der Waals surface area contributed by atoms with Gasteiger partial charge in [0.25, 0.3) is 5.91 Å². The van der Waals surface area contributed by atoms with Crippen LogP contribution >= 0.6 is 0 Å². The number of rotatable bonds is 3. The first-order chi connectivity index (χ1) is 9.81. The van der Waals surface area contributed by atoms with Crippen molar-refractivity contribution in [1.29, 1.82) is 0 Å². The zero-order chi connectivity index (χ0) is 15.7. The molecular formula is C13H9F4N3O. The fourth-order valence-corrected chi connectivity index (χ4v) is 1.70. The van der Waals surface area contributed by atoms with Crippen LogP contribution in [-0.4, -0.2) is 5.91 Å². The molecule has 0 aliphatic carbocycles. The maximum Gasteiger partial charge on any atom is 0.250 e. The van der Waals surface area contributed by atoms with Crippen LogP contribution in [0.2, 0.25) is 0 Å². The number of amides is 1. The molecule has 21 heavy (non-hydrogen) atoms. The number of carbonyl (C=O) groups is 1. The van der Waals surface area contributed by atoms with Gasteiger partial charge in [-0.25, -0.2) is 17.6 Å². The lowest BCUT2D eigenvalue weighted by Crippen LogP contribution is -2.14. The van der Waals surface area contributed by atoms with E-state index in [4.69, 9.17) is 11.5 Å². The lowest BCUT2D eigenvalue weighted by atomic mass is 10.1. The number of nitrogens with two attached hydrogens (primary N) is 2. The monoisotopic (exact) mass is 299 g/mol. The lowest BCUT2D eigenvalue weighted by Gasteiger charge is -2.13. The molecule has 1 amide bonds. The minimum Gasteiger partial charge on any atom is -0.399 e. The molecule has 0 aliphatic heterocycles. The van der Waals surface area contributed by atoms with Crippen molar-refractivity contribution >= 4 is 23.0 Å². The molecule has 0 fully saturated rings. The molecule has 2 aromatic rings. The summed E-state index contributed by atoms with van der Waals surface area (Å²) in [5, 5.41) is 2.10. The van der Waals surface area contributed by atoms with Gasteiger partial charge in [0.2, 0.25) is 0 Å². The van der Waals surface area contributed by atoms with Crippen LogP contribution in [0.15, 0.2) is 24.3 Å². The number of nitrogen functional groups attached to an aromatic ring is 1. The standard InChI is InChI=1S/C13H9F4N3O/c14-7-4-8(15)11(17)12(10(7)16)20-9-3-5(18)1-2-6(9)13(19)21/h1-4,20H,18H2,(H2,19,21). The van der Waals surface area contributed by atoms with E-state index in [2.05, 4.69) is 5.32 Å². The van der Waals surface area contributed by atoms with Crippen molar-refractivity contribution in [2.24, 2.45) is 5.73 Å². The molecule has 110 valence electrons. The normalized spacial score (nSPS) is 10.5. The SMILES string of the molecule is NC(=O)c1ccc(N)cc1Nc1c(F)c(F)cc(F)c1F. The molecule has 0 radical (unpaired) electrons. The zero-order valence-electron chi connectivity index (χ0n) is 10.4. The third-order valence-corrected chi connectivity index (χ3v) is 2.68. The van der Waals surface area contributed by atoms with Crippen LogP contribution in [0, 0.1) is 23.3 Å². The highest BCUT2D eigenvalue weighted by Crippen LogP contribution is 2.29. The number of primary amides is 1. The second-order valence-electron chi connectivity index (χ2n) is 4.14. The summed E-state index contributed by atoms with van der Waals surface area (Å²) in [6, 6.07) is 3.78. The van der Waals surface area contributed by atoms with Crippen LogP contribution in [0.25, 0.3) is 0 Å². The van der Waals surface area contributed by atoms with E-state index in [9.17, 15) is 22.4 Å². The molecule has 0 bridgehead atoms. The molecule has 0 spiro atoms. The second kappa shape index (κ2) is 5.31. The summed E-state index contributed by atoms with van der Waals surface area (Å²) in [5.74, 6) is -7.34. The predicted molar refractivity (Wildman–Crippen MR) is 68.9 cm³/mol. The Morgan fingerprint density at radius 2 is 1.57 bits per heavy atom. The van der Waals surface area contributed by atoms with Gasteiger partial charge >= 0.3 is 0 Å². The van der Waals surface area contributed by atoms with E-state index < -0.39 is 34.9 Å². The molecule has 0 saturated heterocycles. The van der Waals surface area contributed by atoms with E-state index in [-0.39, 0.29) is 23.0 Å². The van der Waals surface area contributed by atoms with Crippen molar-refractivity contribution < 1.29 is 22.4 Å². The Morgan fingerprint density at radius 3 is 2.10 bits per heavy atom. The highest BCUT2D eigenvalue weighted by Gasteiger charge is 2.20. The zero-order valence-corrected chi connectivity index (χ0v) is 10.4. The minimum absolute atomic E-state index is 0.0736. The molecule has 4 nitrogen and oxygen atoms in total. The molecule has 0 unspecified atom stereocenters. The van der Waals surface area contributed by atoms with Crippen molar-refractivity contribution in [2.45, 2.75) is 0 Å². The van der Waals surface area contributed by atoms with Crippen LogP contribution < -0.4 is 16.8 Å². The molecule has 2 rings (SSSR count). The van der Waals surface area contributed by atoms with E-state index >= 15 is 0 Å². The molecule has 8 heteroatoms. The van der Waals surface area contributed by atoms with Crippen molar-refractivity contribution in [3.8, 4) is 0 Å². The summed E-state index contributed by atoms with van der Waals surface area (Å²) in [5.41, 5.74) is 9.34. The highest BCUT2D eigenvalue weighted by molar-refractivity contribution is 5.99. The Hall–Kier alpha value is -2.77. The first kappa shape index (κ1) is 14.6. The fraction of sp³-hybridized carbons (Fsp3) is 0. The quantitative estimate of drug-likeness (QED) is 0.463. The Kier molecular flexibility index (Phi) is 3.70. The number of carbonyl (C=O) groups excluding carboxylic acids is 1. The van der Waals surface area contributed by atoms with Gasteiger partial charge in [0.1, 0.15) is 5.69 Å². The largest absolute Gasteiger partial charge is 0.399 e.